The summed E-state index contributed by atoms with van der Waals surface area (Å²) in [6.07, 6.45) is 3.00. The summed E-state index contributed by atoms with van der Waals surface area (Å²) in [6, 6.07) is 0. The Morgan fingerprint density at radius 3 is 2.42 bits per heavy atom. The highest BCUT2D eigenvalue weighted by Gasteiger charge is 2.23. The summed E-state index contributed by atoms with van der Waals surface area (Å²) < 4.78 is 0. The average molecular weight is 264 g/mol. The van der Waals surface area contributed by atoms with Gasteiger partial charge in [0.1, 0.15) is 11.6 Å². The molecule has 1 aromatic rings. The van der Waals surface area contributed by atoms with E-state index in [9.17, 15) is 9.59 Å². The van der Waals surface area contributed by atoms with E-state index >= 15 is 0 Å². The summed E-state index contributed by atoms with van der Waals surface area (Å²) in [4.78, 5) is 31.2. The molecule has 1 N–H and O–H groups in total. The van der Waals surface area contributed by atoms with Gasteiger partial charge < -0.3 is 4.98 Å². The zero-order chi connectivity index (χ0) is 14.6. The van der Waals surface area contributed by atoms with E-state index in [0.29, 0.717) is 11.3 Å². The summed E-state index contributed by atoms with van der Waals surface area (Å²) in [5.41, 5.74) is 0.573. The molecule has 0 aliphatic heterocycles. The highest BCUT2D eigenvalue weighted by molar-refractivity contribution is 5.85. The number of H-pyrrole nitrogens is 1. The topological polar surface area (TPSA) is 62.8 Å². The molecule has 1 heterocycles. The lowest BCUT2D eigenvalue weighted by molar-refractivity contribution is -0.125. The van der Waals surface area contributed by atoms with E-state index in [0.717, 1.165) is 25.1 Å². The Bertz CT molecular complexity index is 510. The highest BCUT2D eigenvalue weighted by atomic mass is 16.1. The fraction of sp³-hybridized carbons (Fsp3) is 0.667. The zero-order valence-electron chi connectivity index (χ0n) is 12.6. The van der Waals surface area contributed by atoms with Gasteiger partial charge in [0.2, 0.25) is 0 Å². The molecule has 0 aliphatic carbocycles. The van der Waals surface area contributed by atoms with Crippen molar-refractivity contribution < 1.29 is 4.79 Å². The molecule has 4 nitrogen and oxygen atoms in total. The average Bonchev–Trinajstić information content (AvgIpc) is 2.29. The lowest BCUT2D eigenvalue weighted by atomic mass is 9.87. The van der Waals surface area contributed by atoms with E-state index in [-0.39, 0.29) is 17.8 Å². The van der Waals surface area contributed by atoms with Crippen molar-refractivity contribution in [3.63, 3.8) is 0 Å². The maximum absolute atomic E-state index is 12.0. The van der Waals surface area contributed by atoms with E-state index in [2.05, 4.69) is 16.9 Å². The van der Waals surface area contributed by atoms with Crippen molar-refractivity contribution in [2.45, 2.75) is 60.3 Å². The van der Waals surface area contributed by atoms with Crippen LogP contribution in [-0.2, 0) is 17.6 Å². The lowest BCUT2D eigenvalue weighted by Gasteiger charge is -2.16. The molecule has 0 aliphatic rings. The zero-order valence-corrected chi connectivity index (χ0v) is 12.6. The highest BCUT2D eigenvalue weighted by Crippen LogP contribution is 2.17. The smallest absolute Gasteiger partial charge is 0.254 e. The van der Waals surface area contributed by atoms with Crippen LogP contribution in [0.15, 0.2) is 4.79 Å². The number of carbonyl (C=O) groups is 1. The molecule has 1 rings (SSSR count). The second-order valence-corrected chi connectivity index (χ2v) is 6.03. The van der Waals surface area contributed by atoms with Gasteiger partial charge in [0.15, 0.2) is 0 Å². The Labute approximate surface area is 114 Å². The first-order chi connectivity index (χ1) is 8.75. The van der Waals surface area contributed by atoms with Crippen LogP contribution in [0.2, 0.25) is 0 Å². The van der Waals surface area contributed by atoms with Gasteiger partial charge in [-0.1, -0.05) is 34.1 Å². The third kappa shape index (κ3) is 4.30. The first-order valence-corrected chi connectivity index (χ1v) is 6.87. The van der Waals surface area contributed by atoms with Crippen LogP contribution in [0.5, 0.6) is 0 Å². The molecule has 0 radical (unpaired) electrons. The summed E-state index contributed by atoms with van der Waals surface area (Å²) in [6.45, 7) is 9.49. The van der Waals surface area contributed by atoms with Gasteiger partial charge in [0, 0.05) is 29.5 Å². The Balaban J connectivity index is 2.98. The minimum atomic E-state index is -0.431. The van der Waals surface area contributed by atoms with E-state index in [1.807, 2.05) is 20.8 Å². The number of ketones is 1. The predicted octanol–water partition coefficient (Wildman–Crippen LogP) is 2.58. The molecule has 0 amide bonds. The maximum atomic E-state index is 12.0. The van der Waals surface area contributed by atoms with Gasteiger partial charge in [-0.25, -0.2) is 4.98 Å². The van der Waals surface area contributed by atoms with Gasteiger partial charge in [0.25, 0.3) is 5.56 Å². The molecule has 0 fully saturated rings. The largest absolute Gasteiger partial charge is 0.310 e. The Kier molecular flexibility index (Phi) is 5.04. The van der Waals surface area contributed by atoms with Gasteiger partial charge in [-0.15, -0.1) is 0 Å². The van der Waals surface area contributed by atoms with Crippen molar-refractivity contribution >= 4 is 5.78 Å². The Hall–Kier alpha value is -1.45. The van der Waals surface area contributed by atoms with Crippen LogP contribution in [0.25, 0.3) is 0 Å². The number of Topliss-reactive ketones (excluding diaryl/α,β-unsaturated/α-hetero) is 1. The minimum absolute atomic E-state index is 0.0595. The molecule has 0 saturated heterocycles. The van der Waals surface area contributed by atoms with Crippen molar-refractivity contribution in [1.29, 1.82) is 0 Å². The second-order valence-electron chi connectivity index (χ2n) is 6.03. The van der Waals surface area contributed by atoms with E-state index in [1.54, 1.807) is 6.92 Å². The first kappa shape index (κ1) is 15.6. The molecule has 106 valence electrons. The molecule has 0 aromatic carbocycles. The molecule has 0 saturated carbocycles. The van der Waals surface area contributed by atoms with Gasteiger partial charge in [-0.3, -0.25) is 9.59 Å². The number of aromatic amines is 1. The minimum Gasteiger partial charge on any atom is -0.310 e. The fourth-order valence-corrected chi connectivity index (χ4v) is 1.77. The fourth-order valence-electron chi connectivity index (χ4n) is 1.77. The third-order valence-corrected chi connectivity index (χ3v) is 3.21. The van der Waals surface area contributed by atoms with Gasteiger partial charge in [-0.05, 0) is 13.3 Å². The van der Waals surface area contributed by atoms with Crippen LogP contribution >= 0.6 is 0 Å². The van der Waals surface area contributed by atoms with E-state index in [4.69, 9.17) is 0 Å². The number of aromatic nitrogens is 2. The van der Waals surface area contributed by atoms with Crippen molar-refractivity contribution in [3.05, 3.63) is 27.4 Å². The van der Waals surface area contributed by atoms with Crippen molar-refractivity contribution in [2.24, 2.45) is 5.41 Å². The van der Waals surface area contributed by atoms with Crippen LogP contribution in [0.1, 0.15) is 57.6 Å². The Morgan fingerprint density at radius 2 is 1.95 bits per heavy atom. The summed E-state index contributed by atoms with van der Waals surface area (Å²) in [5, 5.41) is 0. The van der Waals surface area contributed by atoms with Crippen LogP contribution in [0, 0.1) is 12.3 Å². The summed E-state index contributed by atoms with van der Waals surface area (Å²) >= 11 is 0. The number of carbonyl (C=O) groups excluding carboxylic acids is 1. The van der Waals surface area contributed by atoms with Crippen LogP contribution < -0.4 is 5.56 Å². The van der Waals surface area contributed by atoms with Crippen LogP contribution in [-0.4, -0.2) is 15.8 Å². The molecule has 19 heavy (non-hydrogen) atoms. The van der Waals surface area contributed by atoms with Gasteiger partial charge >= 0.3 is 0 Å². The monoisotopic (exact) mass is 264 g/mol. The summed E-state index contributed by atoms with van der Waals surface area (Å²) in [5.74, 6) is 0.778. The SMILES string of the molecule is CCCCc1nc(C)c(CC(=O)C(C)(C)C)c(=O)[nH]1. The molecule has 0 spiro atoms. The van der Waals surface area contributed by atoms with E-state index in [1.165, 1.54) is 0 Å². The van der Waals surface area contributed by atoms with Crippen molar-refractivity contribution in [1.82, 2.24) is 9.97 Å². The number of hydrogen-bond acceptors (Lipinski definition) is 3. The van der Waals surface area contributed by atoms with Crippen LogP contribution in [0.4, 0.5) is 0 Å². The second kappa shape index (κ2) is 6.13. The van der Waals surface area contributed by atoms with Gasteiger partial charge in [-0.2, -0.15) is 0 Å². The lowest BCUT2D eigenvalue weighted by Crippen LogP contribution is -2.27. The standard InChI is InChI=1S/C15H24N2O2/c1-6-7-8-13-16-10(2)11(14(19)17-13)9-12(18)15(3,4)5/h6-9H2,1-5H3,(H,16,17,19). The third-order valence-electron chi connectivity index (χ3n) is 3.21. The normalized spacial score (nSPS) is 11.6. The number of unbranched alkanes of at least 4 members (excludes halogenated alkanes) is 1. The molecule has 1 aromatic heterocycles. The quantitative estimate of drug-likeness (QED) is 0.889. The number of aryl methyl sites for hydroxylation is 2. The molecule has 0 unspecified atom stereocenters. The Morgan fingerprint density at radius 1 is 1.32 bits per heavy atom. The van der Waals surface area contributed by atoms with E-state index < -0.39 is 5.41 Å². The molecule has 0 atom stereocenters. The summed E-state index contributed by atoms with van der Waals surface area (Å²) in [7, 11) is 0. The predicted molar refractivity (Wildman–Crippen MR) is 76.4 cm³/mol. The number of rotatable bonds is 5. The molecule has 0 bridgehead atoms. The molecular weight excluding hydrogens is 240 g/mol. The number of hydrogen-bond donors (Lipinski definition) is 1. The maximum Gasteiger partial charge on any atom is 0.254 e. The van der Waals surface area contributed by atoms with Crippen molar-refractivity contribution in [3.8, 4) is 0 Å². The molecule has 4 heteroatoms. The van der Waals surface area contributed by atoms with Gasteiger partial charge in [0.05, 0.1) is 0 Å². The first-order valence-electron chi connectivity index (χ1n) is 6.87. The molecular formula is C15H24N2O2. The number of nitrogens with zero attached hydrogens (tertiary/aromatic N) is 1. The van der Waals surface area contributed by atoms with Crippen LogP contribution in [0.3, 0.4) is 0 Å². The number of nitrogens with one attached hydrogen (secondary N) is 1. The van der Waals surface area contributed by atoms with Crippen molar-refractivity contribution in [2.75, 3.05) is 0 Å².